The van der Waals surface area contributed by atoms with Gasteiger partial charge in [-0.15, -0.1) is 0 Å². The standard InChI is InChI=1S/C15H24N4O3/c1-11-7-13(19(21)22)8-16-14(11)17-5-6-18(12(2)9-17)10-15(3,4)20/h7-8,12,20H,5-6,9-10H2,1-4H3/t12-/m0/s1. The van der Waals surface area contributed by atoms with E-state index < -0.39 is 10.5 Å². The molecule has 0 amide bonds. The Labute approximate surface area is 130 Å². The van der Waals surface area contributed by atoms with Crippen LogP contribution in [0.2, 0.25) is 0 Å². The zero-order chi connectivity index (χ0) is 16.5. The average Bonchev–Trinajstić information content (AvgIpc) is 2.39. The third kappa shape index (κ3) is 3.92. The predicted octanol–water partition coefficient (Wildman–Crippen LogP) is 1.58. The van der Waals surface area contributed by atoms with E-state index >= 15 is 0 Å². The van der Waals surface area contributed by atoms with Crippen molar-refractivity contribution in [2.45, 2.75) is 39.3 Å². The second kappa shape index (κ2) is 6.18. The lowest BCUT2D eigenvalue weighted by molar-refractivity contribution is -0.385. The lowest BCUT2D eigenvalue weighted by Crippen LogP contribution is -2.55. The molecule has 0 spiro atoms. The van der Waals surface area contributed by atoms with E-state index in [0.29, 0.717) is 6.54 Å². The van der Waals surface area contributed by atoms with Crippen LogP contribution < -0.4 is 4.90 Å². The maximum absolute atomic E-state index is 10.8. The Morgan fingerprint density at radius 3 is 2.68 bits per heavy atom. The van der Waals surface area contributed by atoms with E-state index in [2.05, 4.69) is 21.7 Å². The molecule has 0 radical (unpaired) electrons. The molecule has 1 saturated heterocycles. The maximum Gasteiger partial charge on any atom is 0.287 e. The Morgan fingerprint density at radius 2 is 2.18 bits per heavy atom. The Hall–Kier alpha value is -1.73. The molecule has 1 N–H and O–H groups in total. The van der Waals surface area contributed by atoms with Crippen LogP contribution in [-0.2, 0) is 0 Å². The topological polar surface area (TPSA) is 82.7 Å². The number of hydrogen-bond acceptors (Lipinski definition) is 6. The molecule has 0 bridgehead atoms. The van der Waals surface area contributed by atoms with Gasteiger partial charge in [0.2, 0.25) is 0 Å². The van der Waals surface area contributed by atoms with Crippen molar-refractivity contribution in [2.24, 2.45) is 0 Å². The van der Waals surface area contributed by atoms with Crippen molar-refractivity contribution >= 4 is 11.5 Å². The molecule has 1 fully saturated rings. The lowest BCUT2D eigenvalue weighted by Gasteiger charge is -2.42. The van der Waals surface area contributed by atoms with Gasteiger partial charge in [0.05, 0.1) is 10.5 Å². The van der Waals surface area contributed by atoms with Gasteiger partial charge in [0.25, 0.3) is 5.69 Å². The number of pyridine rings is 1. The van der Waals surface area contributed by atoms with Gasteiger partial charge in [-0.3, -0.25) is 15.0 Å². The Morgan fingerprint density at radius 1 is 1.50 bits per heavy atom. The second-order valence-electron chi connectivity index (χ2n) is 6.67. The fraction of sp³-hybridized carbons (Fsp3) is 0.667. The van der Waals surface area contributed by atoms with Gasteiger partial charge in [0, 0.05) is 38.3 Å². The third-order valence-electron chi connectivity index (χ3n) is 3.90. The van der Waals surface area contributed by atoms with Crippen LogP contribution >= 0.6 is 0 Å². The Balaban J connectivity index is 2.09. The first-order chi connectivity index (χ1) is 10.2. The van der Waals surface area contributed by atoms with E-state index in [1.165, 1.54) is 6.20 Å². The molecule has 7 heteroatoms. The summed E-state index contributed by atoms with van der Waals surface area (Å²) < 4.78 is 0. The molecule has 1 aliphatic rings. The van der Waals surface area contributed by atoms with Crippen molar-refractivity contribution in [3.63, 3.8) is 0 Å². The highest BCUT2D eigenvalue weighted by Gasteiger charge is 2.29. The molecular weight excluding hydrogens is 284 g/mol. The second-order valence-corrected chi connectivity index (χ2v) is 6.67. The van der Waals surface area contributed by atoms with Gasteiger partial charge >= 0.3 is 0 Å². The minimum Gasteiger partial charge on any atom is -0.389 e. The molecule has 0 saturated carbocycles. The predicted molar refractivity (Wildman–Crippen MR) is 85.2 cm³/mol. The number of aliphatic hydroxyl groups is 1. The quantitative estimate of drug-likeness (QED) is 0.671. The molecule has 1 atom stereocenters. The Kier molecular flexibility index (Phi) is 4.67. The Bertz CT molecular complexity index is 556. The fourth-order valence-electron chi connectivity index (χ4n) is 2.90. The fourth-order valence-corrected chi connectivity index (χ4v) is 2.90. The van der Waals surface area contributed by atoms with Crippen LogP contribution in [0.5, 0.6) is 0 Å². The molecule has 1 aliphatic heterocycles. The summed E-state index contributed by atoms with van der Waals surface area (Å²) in [7, 11) is 0. The molecule has 0 aromatic carbocycles. The highest BCUT2D eigenvalue weighted by molar-refractivity contribution is 5.51. The van der Waals surface area contributed by atoms with Crippen molar-refractivity contribution in [1.82, 2.24) is 9.88 Å². The highest BCUT2D eigenvalue weighted by Crippen LogP contribution is 2.24. The summed E-state index contributed by atoms with van der Waals surface area (Å²) in [5.74, 6) is 0.806. The summed E-state index contributed by atoms with van der Waals surface area (Å²) in [6.07, 6.45) is 1.32. The number of hydrogen-bond donors (Lipinski definition) is 1. The van der Waals surface area contributed by atoms with Crippen LogP contribution in [0.15, 0.2) is 12.3 Å². The van der Waals surface area contributed by atoms with E-state index in [-0.39, 0.29) is 11.7 Å². The van der Waals surface area contributed by atoms with Crippen LogP contribution in [0, 0.1) is 17.0 Å². The molecule has 122 valence electrons. The number of aromatic nitrogens is 1. The molecule has 7 nitrogen and oxygen atoms in total. The monoisotopic (exact) mass is 308 g/mol. The van der Waals surface area contributed by atoms with Gasteiger partial charge in [0.1, 0.15) is 12.0 Å². The van der Waals surface area contributed by atoms with E-state index in [9.17, 15) is 15.2 Å². The van der Waals surface area contributed by atoms with Gasteiger partial charge in [-0.1, -0.05) is 0 Å². The van der Waals surface area contributed by atoms with Crippen LogP contribution in [0.3, 0.4) is 0 Å². The summed E-state index contributed by atoms with van der Waals surface area (Å²) in [6.45, 7) is 10.7. The van der Waals surface area contributed by atoms with Crippen LogP contribution in [0.4, 0.5) is 11.5 Å². The zero-order valence-electron chi connectivity index (χ0n) is 13.6. The minimum absolute atomic E-state index is 0.0231. The number of nitrogens with zero attached hydrogens (tertiary/aromatic N) is 4. The van der Waals surface area contributed by atoms with Crippen LogP contribution in [0.25, 0.3) is 0 Å². The SMILES string of the molecule is Cc1cc([N+](=O)[O-])cnc1N1CCN(CC(C)(C)O)[C@@H](C)C1. The molecule has 2 heterocycles. The zero-order valence-corrected chi connectivity index (χ0v) is 13.6. The number of anilines is 1. The maximum atomic E-state index is 10.8. The first-order valence-electron chi connectivity index (χ1n) is 7.50. The largest absolute Gasteiger partial charge is 0.389 e. The molecule has 1 aromatic heterocycles. The first kappa shape index (κ1) is 16.6. The number of nitro groups is 1. The molecule has 2 rings (SSSR count). The van der Waals surface area contributed by atoms with Crippen molar-refractivity contribution in [1.29, 1.82) is 0 Å². The molecule has 0 aliphatic carbocycles. The lowest BCUT2D eigenvalue weighted by atomic mass is 10.1. The average molecular weight is 308 g/mol. The summed E-state index contributed by atoms with van der Waals surface area (Å²) in [5, 5.41) is 20.8. The molecule has 22 heavy (non-hydrogen) atoms. The van der Waals surface area contributed by atoms with Crippen molar-refractivity contribution in [2.75, 3.05) is 31.1 Å². The number of piperazine rings is 1. The third-order valence-corrected chi connectivity index (χ3v) is 3.90. The van der Waals surface area contributed by atoms with Gasteiger partial charge in [-0.05, 0) is 33.3 Å². The number of aryl methyl sites for hydroxylation is 1. The number of β-amino-alcohol motifs (C(OH)–C–C–N with tert-alkyl or cyclic N) is 1. The van der Waals surface area contributed by atoms with E-state index in [4.69, 9.17) is 0 Å². The summed E-state index contributed by atoms with van der Waals surface area (Å²) in [6, 6.07) is 1.85. The van der Waals surface area contributed by atoms with E-state index in [1.807, 2.05) is 20.8 Å². The van der Waals surface area contributed by atoms with Crippen LogP contribution in [-0.4, -0.2) is 57.7 Å². The molecule has 1 aromatic rings. The smallest absolute Gasteiger partial charge is 0.287 e. The summed E-state index contributed by atoms with van der Waals surface area (Å²) in [4.78, 5) is 19.1. The van der Waals surface area contributed by atoms with Crippen LogP contribution in [0.1, 0.15) is 26.3 Å². The molecular formula is C15H24N4O3. The van der Waals surface area contributed by atoms with Crippen molar-refractivity contribution in [3.05, 3.63) is 27.9 Å². The normalized spacial score (nSPS) is 20.2. The summed E-state index contributed by atoms with van der Waals surface area (Å²) >= 11 is 0. The minimum atomic E-state index is -0.710. The van der Waals surface area contributed by atoms with E-state index in [0.717, 1.165) is 31.0 Å². The van der Waals surface area contributed by atoms with Gasteiger partial charge in [-0.2, -0.15) is 0 Å². The van der Waals surface area contributed by atoms with Crippen molar-refractivity contribution < 1.29 is 10.0 Å². The van der Waals surface area contributed by atoms with Gasteiger partial charge < -0.3 is 10.0 Å². The van der Waals surface area contributed by atoms with Gasteiger partial charge in [0.15, 0.2) is 0 Å². The van der Waals surface area contributed by atoms with E-state index in [1.54, 1.807) is 6.07 Å². The summed E-state index contributed by atoms with van der Waals surface area (Å²) in [5.41, 5.74) is 0.130. The van der Waals surface area contributed by atoms with Gasteiger partial charge in [-0.25, -0.2) is 4.98 Å². The van der Waals surface area contributed by atoms with Crippen molar-refractivity contribution in [3.8, 4) is 0 Å². The first-order valence-corrected chi connectivity index (χ1v) is 7.50. The highest BCUT2D eigenvalue weighted by atomic mass is 16.6. The molecule has 0 unspecified atom stereocenters. The number of rotatable bonds is 4.